The second kappa shape index (κ2) is 8.41. The zero-order valence-corrected chi connectivity index (χ0v) is 12.7. The Morgan fingerprint density at radius 3 is 2.50 bits per heavy atom. The number of benzene rings is 2. The number of rotatable bonds is 8. The fraction of sp³-hybridized carbons (Fsp3) is 0.333. The van der Waals surface area contributed by atoms with Gasteiger partial charge in [-0.15, -0.1) is 0 Å². The van der Waals surface area contributed by atoms with E-state index in [1.807, 2.05) is 36.4 Å². The summed E-state index contributed by atoms with van der Waals surface area (Å²) >= 11 is 0. The predicted octanol–water partition coefficient (Wildman–Crippen LogP) is 3.08. The quantitative estimate of drug-likeness (QED) is 0.787. The molecule has 0 spiro atoms. The Labute approximate surface area is 130 Å². The topological polar surface area (TPSA) is 58.9 Å². The van der Waals surface area contributed by atoms with Crippen LogP contribution in [0.4, 0.5) is 0 Å². The summed E-state index contributed by atoms with van der Waals surface area (Å²) in [5.41, 5.74) is 1.84. The number of aliphatic hydroxyl groups excluding tert-OH is 2. The molecule has 0 saturated heterocycles. The highest BCUT2D eigenvalue weighted by Gasteiger charge is 2.12. The maximum Gasteiger partial charge on any atom is 0.161 e. The minimum absolute atomic E-state index is 0.0759. The van der Waals surface area contributed by atoms with Gasteiger partial charge >= 0.3 is 0 Å². The molecule has 0 aliphatic rings. The average molecular weight is 302 g/mol. The molecule has 0 fully saturated rings. The van der Waals surface area contributed by atoms with Crippen LogP contribution in [0, 0.1) is 0 Å². The molecule has 2 N–H and O–H groups in total. The normalized spacial score (nSPS) is 12.0. The zero-order valence-electron chi connectivity index (χ0n) is 12.7. The smallest absolute Gasteiger partial charge is 0.161 e. The van der Waals surface area contributed by atoms with Crippen LogP contribution in [0.15, 0.2) is 48.5 Å². The molecule has 0 radical (unpaired) electrons. The lowest BCUT2D eigenvalue weighted by atomic mass is 10.0. The van der Waals surface area contributed by atoms with Crippen molar-refractivity contribution < 1.29 is 19.7 Å². The van der Waals surface area contributed by atoms with Crippen LogP contribution in [0.3, 0.4) is 0 Å². The van der Waals surface area contributed by atoms with Crippen LogP contribution < -0.4 is 9.47 Å². The number of methoxy groups -OCH3 is 1. The van der Waals surface area contributed by atoms with Crippen LogP contribution in [-0.4, -0.2) is 23.9 Å². The Balaban J connectivity index is 2.05. The van der Waals surface area contributed by atoms with Crippen LogP contribution in [-0.2, 0) is 6.61 Å². The summed E-state index contributed by atoms with van der Waals surface area (Å²) in [6.07, 6.45) is 0.476. The van der Waals surface area contributed by atoms with Gasteiger partial charge in [-0.05, 0) is 36.1 Å². The van der Waals surface area contributed by atoms with Crippen molar-refractivity contribution in [3.8, 4) is 11.5 Å². The summed E-state index contributed by atoms with van der Waals surface area (Å²) in [6, 6.07) is 15.3. The van der Waals surface area contributed by atoms with Crippen LogP contribution >= 0.6 is 0 Å². The van der Waals surface area contributed by atoms with E-state index in [2.05, 4.69) is 0 Å². The average Bonchev–Trinajstić information content (AvgIpc) is 2.58. The highest BCUT2D eigenvalue weighted by molar-refractivity contribution is 5.43. The molecule has 2 aromatic carbocycles. The standard InChI is InChI=1S/C18H22O4/c1-21-18-12-15(16(20)8-5-11-19)9-10-17(18)22-13-14-6-3-2-4-7-14/h2-4,6-7,9-10,12,16,19-20H,5,8,11,13H2,1H3. The second-order valence-electron chi connectivity index (χ2n) is 5.07. The molecule has 4 nitrogen and oxygen atoms in total. The fourth-order valence-corrected chi connectivity index (χ4v) is 2.20. The first kappa shape index (κ1) is 16.3. The Bertz CT molecular complexity index is 569. The van der Waals surface area contributed by atoms with Gasteiger partial charge in [-0.1, -0.05) is 36.4 Å². The Kier molecular flexibility index (Phi) is 6.25. The van der Waals surface area contributed by atoms with Crippen molar-refractivity contribution >= 4 is 0 Å². The van der Waals surface area contributed by atoms with Gasteiger partial charge in [0.25, 0.3) is 0 Å². The third-order valence-corrected chi connectivity index (χ3v) is 3.45. The molecule has 1 atom stereocenters. The van der Waals surface area contributed by atoms with Crippen LogP contribution in [0.2, 0.25) is 0 Å². The van der Waals surface area contributed by atoms with Crippen molar-refractivity contribution in [2.45, 2.75) is 25.6 Å². The summed E-state index contributed by atoms with van der Waals surface area (Å²) < 4.78 is 11.1. The van der Waals surface area contributed by atoms with Crippen molar-refractivity contribution in [3.63, 3.8) is 0 Å². The van der Waals surface area contributed by atoms with Crippen LogP contribution in [0.25, 0.3) is 0 Å². The summed E-state index contributed by atoms with van der Waals surface area (Å²) in [4.78, 5) is 0. The molecule has 0 heterocycles. The second-order valence-corrected chi connectivity index (χ2v) is 5.07. The van der Waals surface area contributed by atoms with Gasteiger partial charge in [-0.3, -0.25) is 0 Å². The highest BCUT2D eigenvalue weighted by Crippen LogP contribution is 2.32. The lowest BCUT2D eigenvalue weighted by Crippen LogP contribution is -2.02. The molecule has 0 bridgehead atoms. The van der Waals surface area contributed by atoms with Gasteiger partial charge in [-0.25, -0.2) is 0 Å². The van der Waals surface area contributed by atoms with E-state index >= 15 is 0 Å². The monoisotopic (exact) mass is 302 g/mol. The van der Waals surface area contributed by atoms with E-state index < -0.39 is 6.10 Å². The molecule has 0 saturated carbocycles. The van der Waals surface area contributed by atoms with Crippen molar-refractivity contribution in [2.75, 3.05) is 13.7 Å². The van der Waals surface area contributed by atoms with E-state index in [0.717, 1.165) is 11.1 Å². The maximum absolute atomic E-state index is 10.1. The van der Waals surface area contributed by atoms with Gasteiger partial charge in [-0.2, -0.15) is 0 Å². The number of hydrogen-bond donors (Lipinski definition) is 2. The van der Waals surface area contributed by atoms with Gasteiger partial charge in [0.1, 0.15) is 6.61 Å². The molecule has 22 heavy (non-hydrogen) atoms. The summed E-state index contributed by atoms with van der Waals surface area (Å²) in [5, 5.41) is 18.9. The summed E-state index contributed by atoms with van der Waals surface area (Å²) in [7, 11) is 1.58. The molecular formula is C18H22O4. The Hall–Kier alpha value is -2.04. The lowest BCUT2D eigenvalue weighted by molar-refractivity contribution is 0.151. The molecule has 118 valence electrons. The molecule has 2 rings (SSSR count). The molecule has 0 aliphatic carbocycles. The van der Waals surface area contributed by atoms with Crippen molar-refractivity contribution in [1.29, 1.82) is 0 Å². The first-order chi connectivity index (χ1) is 10.7. The summed E-state index contributed by atoms with van der Waals surface area (Å²) in [6.45, 7) is 0.538. The molecule has 2 aromatic rings. The summed E-state index contributed by atoms with van der Waals surface area (Å²) in [5.74, 6) is 1.24. The first-order valence-corrected chi connectivity index (χ1v) is 7.38. The molecule has 0 aromatic heterocycles. The van der Waals surface area contributed by atoms with Gasteiger partial charge < -0.3 is 19.7 Å². The maximum atomic E-state index is 10.1. The van der Waals surface area contributed by atoms with Crippen molar-refractivity contribution in [3.05, 3.63) is 59.7 Å². The third-order valence-electron chi connectivity index (χ3n) is 3.45. The van der Waals surface area contributed by atoms with E-state index in [1.165, 1.54) is 0 Å². The van der Waals surface area contributed by atoms with E-state index in [4.69, 9.17) is 14.6 Å². The molecule has 0 aliphatic heterocycles. The predicted molar refractivity (Wildman–Crippen MR) is 85.0 cm³/mol. The largest absolute Gasteiger partial charge is 0.493 e. The van der Waals surface area contributed by atoms with E-state index in [0.29, 0.717) is 30.9 Å². The van der Waals surface area contributed by atoms with Gasteiger partial charge in [0.15, 0.2) is 11.5 Å². The number of ether oxygens (including phenoxy) is 2. The molecular weight excluding hydrogens is 280 g/mol. The van der Waals surface area contributed by atoms with Crippen LogP contribution in [0.5, 0.6) is 11.5 Å². The molecule has 4 heteroatoms. The highest BCUT2D eigenvalue weighted by atomic mass is 16.5. The zero-order chi connectivity index (χ0) is 15.8. The molecule has 0 amide bonds. The lowest BCUT2D eigenvalue weighted by Gasteiger charge is -2.15. The van der Waals surface area contributed by atoms with E-state index in [9.17, 15) is 5.11 Å². The SMILES string of the molecule is COc1cc(C(O)CCCO)ccc1OCc1ccccc1. The van der Waals surface area contributed by atoms with E-state index in [-0.39, 0.29) is 6.61 Å². The van der Waals surface area contributed by atoms with Crippen molar-refractivity contribution in [2.24, 2.45) is 0 Å². The van der Waals surface area contributed by atoms with Crippen LogP contribution in [0.1, 0.15) is 30.1 Å². The third kappa shape index (κ3) is 4.48. The van der Waals surface area contributed by atoms with Gasteiger partial charge in [0, 0.05) is 6.61 Å². The number of aliphatic hydroxyl groups is 2. The Morgan fingerprint density at radius 2 is 1.82 bits per heavy atom. The Morgan fingerprint density at radius 1 is 1.05 bits per heavy atom. The van der Waals surface area contributed by atoms with Crippen molar-refractivity contribution in [1.82, 2.24) is 0 Å². The first-order valence-electron chi connectivity index (χ1n) is 7.38. The molecule has 1 unspecified atom stereocenters. The van der Waals surface area contributed by atoms with Gasteiger partial charge in [0.05, 0.1) is 13.2 Å². The fourth-order valence-electron chi connectivity index (χ4n) is 2.20. The van der Waals surface area contributed by atoms with E-state index in [1.54, 1.807) is 19.2 Å². The number of hydrogen-bond acceptors (Lipinski definition) is 4. The van der Waals surface area contributed by atoms with Gasteiger partial charge in [0.2, 0.25) is 0 Å². The minimum Gasteiger partial charge on any atom is -0.493 e. The minimum atomic E-state index is -0.607.